The van der Waals surface area contributed by atoms with Crippen LogP contribution in [0.4, 0.5) is 0 Å². The molecule has 0 aliphatic carbocycles. The van der Waals surface area contributed by atoms with Gasteiger partial charge in [-0.15, -0.1) is 0 Å². The van der Waals surface area contributed by atoms with Gasteiger partial charge in [0.1, 0.15) is 11.3 Å². The number of nitrogens with one attached hydrogen (secondary N) is 2. The van der Waals surface area contributed by atoms with Crippen molar-refractivity contribution in [3.05, 3.63) is 37.7 Å². The Balaban J connectivity index is 2.39. The van der Waals surface area contributed by atoms with Crippen LogP contribution >= 0.6 is 11.3 Å². The molecule has 0 aliphatic heterocycles. The number of aryl methyl sites for hydroxylation is 1. The Morgan fingerprint density at radius 2 is 2.22 bits per heavy atom. The van der Waals surface area contributed by atoms with Crippen LogP contribution in [-0.2, 0) is 6.54 Å². The monoisotopic (exact) mass is 262 g/mol. The lowest BCUT2D eigenvalue weighted by Gasteiger charge is -1.99. The van der Waals surface area contributed by atoms with E-state index in [-0.39, 0.29) is 0 Å². The molecule has 0 amide bonds. The van der Waals surface area contributed by atoms with Gasteiger partial charge in [-0.1, -0.05) is 0 Å². The van der Waals surface area contributed by atoms with Gasteiger partial charge < -0.3 is 4.98 Å². The van der Waals surface area contributed by atoms with Gasteiger partial charge in [-0.25, -0.2) is 9.78 Å². The first-order chi connectivity index (χ1) is 8.70. The van der Waals surface area contributed by atoms with E-state index in [1.54, 1.807) is 11.3 Å². The summed E-state index contributed by atoms with van der Waals surface area (Å²) in [5.41, 5.74) is 0.767. The van der Waals surface area contributed by atoms with Crippen molar-refractivity contribution >= 4 is 22.5 Å². The second-order valence-electron chi connectivity index (χ2n) is 3.80. The lowest BCUT2D eigenvalue weighted by molar-refractivity contribution is 0.720. The highest BCUT2D eigenvalue weighted by Crippen LogP contribution is 2.20. The Bertz CT molecular complexity index is 810. The fourth-order valence-electron chi connectivity index (χ4n) is 1.87. The minimum atomic E-state index is -0.436. The van der Waals surface area contributed by atoms with Gasteiger partial charge in [0.05, 0.1) is 0 Å². The summed E-state index contributed by atoms with van der Waals surface area (Å²) in [5, 5.41) is 3.86. The first-order valence-electron chi connectivity index (χ1n) is 5.46. The molecule has 0 radical (unpaired) electrons. The number of thiophene rings is 1. The van der Waals surface area contributed by atoms with E-state index in [4.69, 9.17) is 0 Å². The number of H-pyrrole nitrogens is 2. The lowest BCUT2D eigenvalue weighted by Crippen LogP contribution is -2.29. The molecule has 0 spiro atoms. The molecule has 3 heterocycles. The van der Waals surface area contributed by atoms with Crippen molar-refractivity contribution in [2.75, 3.05) is 0 Å². The summed E-state index contributed by atoms with van der Waals surface area (Å²) in [7, 11) is 0. The number of aromatic amines is 2. The van der Waals surface area contributed by atoms with Crippen LogP contribution in [0.15, 0.2) is 26.4 Å². The molecule has 3 aromatic heterocycles. The molecule has 7 heteroatoms. The molecule has 6 nitrogen and oxygen atoms in total. The van der Waals surface area contributed by atoms with Crippen molar-refractivity contribution in [1.82, 2.24) is 19.5 Å². The molecule has 0 aliphatic rings. The number of hydrogen-bond acceptors (Lipinski definition) is 4. The summed E-state index contributed by atoms with van der Waals surface area (Å²) in [6, 6.07) is 1.91. The van der Waals surface area contributed by atoms with Crippen molar-refractivity contribution < 1.29 is 0 Å². The van der Waals surface area contributed by atoms with Crippen molar-refractivity contribution in [1.29, 1.82) is 0 Å². The molecule has 92 valence electrons. The van der Waals surface area contributed by atoms with E-state index in [9.17, 15) is 9.59 Å². The second-order valence-corrected chi connectivity index (χ2v) is 4.58. The molecule has 0 saturated heterocycles. The van der Waals surface area contributed by atoms with E-state index in [1.165, 1.54) is 4.57 Å². The van der Waals surface area contributed by atoms with E-state index in [1.807, 2.05) is 23.8 Å². The summed E-state index contributed by atoms with van der Waals surface area (Å²) in [4.78, 5) is 32.9. The van der Waals surface area contributed by atoms with Crippen molar-refractivity contribution in [3.8, 4) is 11.4 Å². The number of rotatable bonds is 2. The number of imidazole rings is 1. The van der Waals surface area contributed by atoms with Crippen molar-refractivity contribution in [2.45, 2.75) is 13.5 Å². The highest BCUT2D eigenvalue weighted by Gasteiger charge is 2.12. The first-order valence-corrected chi connectivity index (χ1v) is 6.40. The average molecular weight is 262 g/mol. The van der Waals surface area contributed by atoms with Crippen molar-refractivity contribution in [2.24, 2.45) is 0 Å². The molecule has 18 heavy (non-hydrogen) atoms. The highest BCUT2D eigenvalue weighted by molar-refractivity contribution is 7.08. The zero-order valence-electron chi connectivity index (χ0n) is 9.56. The normalized spacial score (nSPS) is 11.2. The van der Waals surface area contributed by atoms with E-state index < -0.39 is 11.2 Å². The largest absolute Gasteiger partial charge is 0.332 e. The maximum atomic E-state index is 11.7. The van der Waals surface area contributed by atoms with Crippen LogP contribution in [-0.4, -0.2) is 19.5 Å². The predicted octanol–water partition coefficient (Wildman–Crippen LogP) is 1.16. The van der Waals surface area contributed by atoms with Crippen LogP contribution in [0.25, 0.3) is 22.6 Å². The standard InChI is InChI=1S/C11H10N4O2S/c1-2-15-9-7(10(16)14-11(15)17)12-8(13-9)6-3-4-18-5-6/h3-5H,2H2,1H3,(H,12,13)(H,14,16,17). The summed E-state index contributed by atoms with van der Waals surface area (Å²) < 4.78 is 1.43. The third kappa shape index (κ3) is 1.52. The Morgan fingerprint density at radius 1 is 1.39 bits per heavy atom. The van der Waals surface area contributed by atoms with E-state index in [0.717, 1.165) is 5.56 Å². The fraction of sp³-hybridized carbons (Fsp3) is 0.182. The van der Waals surface area contributed by atoms with Gasteiger partial charge in [0.15, 0.2) is 5.65 Å². The van der Waals surface area contributed by atoms with Crippen LogP contribution in [0.2, 0.25) is 0 Å². The second kappa shape index (κ2) is 3.95. The SMILES string of the molecule is CCn1c(=O)[nH]c(=O)c2[nH]c(-c3ccsc3)nc21. The Hall–Kier alpha value is -2.15. The van der Waals surface area contributed by atoms with Gasteiger partial charge in [0, 0.05) is 17.5 Å². The third-order valence-electron chi connectivity index (χ3n) is 2.74. The van der Waals surface area contributed by atoms with Crippen LogP contribution in [0.5, 0.6) is 0 Å². The zero-order chi connectivity index (χ0) is 12.7. The minimum Gasteiger partial charge on any atom is -0.332 e. The molecule has 0 saturated carbocycles. The maximum absolute atomic E-state index is 11.7. The quantitative estimate of drug-likeness (QED) is 0.727. The average Bonchev–Trinajstić information content (AvgIpc) is 2.97. The van der Waals surface area contributed by atoms with Crippen LogP contribution in [0.1, 0.15) is 6.92 Å². The van der Waals surface area contributed by atoms with Crippen LogP contribution in [0.3, 0.4) is 0 Å². The summed E-state index contributed by atoms with van der Waals surface area (Å²) in [6.45, 7) is 2.29. The smallest absolute Gasteiger partial charge is 0.330 e. The number of fused-ring (bicyclic) bond motifs is 1. The van der Waals surface area contributed by atoms with E-state index >= 15 is 0 Å². The molecule has 0 atom stereocenters. The van der Waals surface area contributed by atoms with Gasteiger partial charge in [-0.3, -0.25) is 14.3 Å². The molecule has 3 aromatic rings. The van der Waals surface area contributed by atoms with Gasteiger partial charge in [-0.2, -0.15) is 11.3 Å². The zero-order valence-corrected chi connectivity index (χ0v) is 10.4. The predicted molar refractivity (Wildman–Crippen MR) is 70.0 cm³/mol. The maximum Gasteiger partial charge on any atom is 0.330 e. The summed E-state index contributed by atoms with van der Waals surface area (Å²) in [5.74, 6) is 0.601. The number of aromatic nitrogens is 4. The number of hydrogen-bond donors (Lipinski definition) is 2. The minimum absolute atomic E-state index is 0.331. The van der Waals surface area contributed by atoms with Gasteiger partial charge in [0.25, 0.3) is 5.56 Å². The Morgan fingerprint density at radius 3 is 2.89 bits per heavy atom. The molecular formula is C11H10N4O2S. The van der Waals surface area contributed by atoms with Gasteiger partial charge >= 0.3 is 5.69 Å². The lowest BCUT2D eigenvalue weighted by atomic mass is 10.3. The molecule has 0 fully saturated rings. The molecular weight excluding hydrogens is 252 g/mol. The molecule has 0 aromatic carbocycles. The molecule has 0 unspecified atom stereocenters. The topological polar surface area (TPSA) is 83.5 Å². The fourth-order valence-corrected chi connectivity index (χ4v) is 2.51. The van der Waals surface area contributed by atoms with E-state index in [0.29, 0.717) is 23.5 Å². The Kier molecular flexibility index (Phi) is 2.41. The third-order valence-corrected chi connectivity index (χ3v) is 3.43. The van der Waals surface area contributed by atoms with Crippen LogP contribution < -0.4 is 11.2 Å². The highest BCUT2D eigenvalue weighted by atomic mass is 32.1. The van der Waals surface area contributed by atoms with E-state index in [2.05, 4.69) is 15.0 Å². The van der Waals surface area contributed by atoms with Crippen molar-refractivity contribution in [3.63, 3.8) is 0 Å². The summed E-state index contributed by atoms with van der Waals surface area (Å²) in [6.07, 6.45) is 0. The molecule has 2 N–H and O–H groups in total. The molecule has 0 bridgehead atoms. The van der Waals surface area contributed by atoms with Crippen LogP contribution in [0, 0.1) is 0 Å². The van der Waals surface area contributed by atoms with Gasteiger partial charge in [0.2, 0.25) is 0 Å². The summed E-state index contributed by atoms with van der Waals surface area (Å²) >= 11 is 1.55. The number of nitrogens with zero attached hydrogens (tertiary/aromatic N) is 2. The molecule has 3 rings (SSSR count). The Labute approximate surface area is 105 Å². The first kappa shape index (κ1) is 11.0. The van der Waals surface area contributed by atoms with Gasteiger partial charge in [-0.05, 0) is 18.4 Å².